The van der Waals surface area contributed by atoms with Gasteiger partial charge in [0.15, 0.2) is 0 Å². The summed E-state index contributed by atoms with van der Waals surface area (Å²) in [6, 6.07) is 41.0. The van der Waals surface area contributed by atoms with Crippen LogP contribution in [0.4, 0.5) is 5.69 Å². The van der Waals surface area contributed by atoms with Gasteiger partial charge in [-0.2, -0.15) is 0 Å². The smallest absolute Gasteiger partial charge is 0.0720 e. The molecule has 1 aliphatic rings. The van der Waals surface area contributed by atoms with Gasteiger partial charge in [0.1, 0.15) is 0 Å². The van der Waals surface area contributed by atoms with E-state index < -0.39 is 5.41 Å². The van der Waals surface area contributed by atoms with E-state index in [9.17, 15) is 0 Å². The summed E-state index contributed by atoms with van der Waals surface area (Å²) in [6.07, 6.45) is 0. The first-order valence-electron chi connectivity index (χ1n) is 12.3. The van der Waals surface area contributed by atoms with Crippen LogP contribution in [0.15, 0.2) is 115 Å². The van der Waals surface area contributed by atoms with E-state index in [0.717, 1.165) is 33.5 Å². The molecule has 0 saturated heterocycles. The molecule has 6 rings (SSSR count). The Morgan fingerprint density at radius 2 is 1.14 bits per heavy atom. The summed E-state index contributed by atoms with van der Waals surface area (Å²) in [4.78, 5) is 0. The molecule has 36 heavy (non-hydrogen) atoms. The molecule has 3 heteroatoms. The molecular formula is C33H29N3. The van der Waals surface area contributed by atoms with Gasteiger partial charge in [0.05, 0.1) is 5.41 Å². The molecular weight excluding hydrogens is 438 g/mol. The Labute approximate surface area is 212 Å². The maximum Gasteiger partial charge on any atom is 0.0720 e. The molecule has 0 saturated carbocycles. The van der Waals surface area contributed by atoms with Gasteiger partial charge in [-0.05, 0) is 73.8 Å². The lowest BCUT2D eigenvalue weighted by Gasteiger charge is -2.36. The number of hydrogen-bond donors (Lipinski definition) is 3. The minimum absolute atomic E-state index is 0.496. The van der Waals surface area contributed by atoms with Gasteiger partial charge in [0.25, 0.3) is 0 Å². The van der Waals surface area contributed by atoms with Crippen LogP contribution in [0.1, 0.15) is 33.4 Å². The maximum atomic E-state index is 6.52. The van der Waals surface area contributed by atoms with Crippen LogP contribution in [-0.4, -0.2) is 0 Å². The minimum atomic E-state index is -0.538. The number of anilines is 1. The molecule has 176 valence electrons. The van der Waals surface area contributed by atoms with Crippen molar-refractivity contribution in [2.45, 2.75) is 18.5 Å². The second-order valence-corrected chi connectivity index (χ2v) is 9.45. The number of fused-ring (bicyclic) bond motifs is 3. The van der Waals surface area contributed by atoms with Gasteiger partial charge in [-0.3, -0.25) is 0 Å². The molecule has 1 aliphatic carbocycles. The van der Waals surface area contributed by atoms with E-state index in [1.54, 1.807) is 0 Å². The lowest BCUT2D eigenvalue weighted by Crippen LogP contribution is -2.29. The number of nitrogens with two attached hydrogens (primary N) is 3. The van der Waals surface area contributed by atoms with Gasteiger partial charge in [0, 0.05) is 18.8 Å². The first-order chi connectivity index (χ1) is 17.7. The fourth-order valence-electron chi connectivity index (χ4n) is 5.87. The molecule has 0 amide bonds. The van der Waals surface area contributed by atoms with Crippen LogP contribution in [-0.2, 0) is 18.5 Å². The molecule has 0 aliphatic heterocycles. The van der Waals surface area contributed by atoms with Crippen molar-refractivity contribution in [3.8, 4) is 22.3 Å². The quantitative estimate of drug-likeness (QED) is 0.264. The molecule has 5 aromatic carbocycles. The van der Waals surface area contributed by atoms with E-state index in [2.05, 4.69) is 109 Å². The van der Waals surface area contributed by atoms with Crippen molar-refractivity contribution in [3.05, 3.63) is 149 Å². The van der Waals surface area contributed by atoms with E-state index in [1.807, 2.05) is 6.07 Å². The summed E-state index contributed by atoms with van der Waals surface area (Å²) in [5.41, 5.74) is 30.6. The molecule has 0 aromatic heterocycles. The predicted molar refractivity (Wildman–Crippen MR) is 149 cm³/mol. The van der Waals surface area contributed by atoms with E-state index in [0.29, 0.717) is 13.1 Å². The highest BCUT2D eigenvalue weighted by molar-refractivity contribution is 5.89. The Kier molecular flexibility index (Phi) is 5.45. The highest BCUT2D eigenvalue weighted by Gasteiger charge is 2.47. The monoisotopic (exact) mass is 467 g/mol. The Morgan fingerprint density at radius 3 is 1.78 bits per heavy atom. The normalized spacial score (nSPS) is 13.3. The summed E-state index contributed by atoms with van der Waals surface area (Å²) in [5.74, 6) is 0. The Balaban J connectivity index is 1.77. The summed E-state index contributed by atoms with van der Waals surface area (Å²) in [5, 5.41) is 0. The van der Waals surface area contributed by atoms with Crippen molar-refractivity contribution in [2.24, 2.45) is 11.5 Å². The highest BCUT2D eigenvalue weighted by atomic mass is 14.6. The second-order valence-electron chi connectivity index (χ2n) is 9.45. The zero-order valence-electron chi connectivity index (χ0n) is 20.1. The van der Waals surface area contributed by atoms with Gasteiger partial charge in [-0.15, -0.1) is 0 Å². The first kappa shape index (κ1) is 22.3. The largest absolute Gasteiger partial charge is 0.399 e. The molecule has 0 radical (unpaired) electrons. The number of benzene rings is 5. The van der Waals surface area contributed by atoms with Crippen LogP contribution >= 0.6 is 0 Å². The van der Waals surface area contributed by atoms with Crippen LogP contribution in [0, 0.1) is 0 Å². The fraction of sp³-hybridized carbons (Fsp3) is 0.0909. The van der Waals surface area contributed by atoms with Crippen LogP contribution in [0.3, 0.4) is 0 Å². The third-order valence-electron chi connectivity index (χ3n) is 7.50. The van der Waals surface area contributed by atoms with Crippen molar-refractivity contribution in [3.63, 3.8) is 0 Å². The van der Waals surface area contributed by atoms with Gasteiger partial charge in [0.2, 0.25) is 0 Å². The lowest BCUT2D eigenvalue weighted by molar-refractivity contribution is 0.770. The second kappa shape index (κ2) is 8.80. The molecule has 0 atom stereocenters. The zero-order chi connectivity index (χ0) is 24.7. The van der Waals surface area contributed by atoms with Crippen molar-refractivity contribution >= 4 is 5.69 Å². The molecule has 0 heterocycles. The third kappa shape index (κ3) is 3.29. The molecule has 0 bridgehead atoms. The van der Waals surface area contributed by atoms with E-state index >= 15 is 0 Å². The Hall–Kier alpha value is -4.18. The van der Waals surface area contributed by atoms with Crippen LogP contribution in [0.25, 0.3) is 22.3 Å². The van der Waals surface area contributed by atoms with Gasteiger partial charge >= 0.3 is 0 Å². The van der Waals surface area contributed by atoms with E-state index in [4.69, 9.17) is 17.2 Å². The van der Waals surface area contributed by atoms with Crippen LogP contribution < -0.4 is 17.2 Å². The predicted octanol–water partition coefficient (Wildman–Crippen LogP) is 6.22. The van der Waals surface area contributed by atoms with Gasteiger partial charge in [-0.1, -0.05) is 97.1 Å². The van der Waals surface area contributed by atoms with E-state index in [-0.39, 0.29) is 0 Å². The number of nitrogen functional groups attached to an aromatic ring is 1. The molecule has 0 spiro atoms. The first-order valence-corrected chi connectivity index (χ1v) is 12.3. The van der Waals surface area contributed by atoms with Crippen molar-refractivity contribution < 1.29 is 0 Å². The van der Waals surface area contributed by atoms with Gasteiger partial charge in [-0.25, -0.2) is 0 Å². The molecule has 6 N–H and O–H groups in total. The summed E-state index contributed by atoms with van der Waals surface area (Å²) in [6.45, 7) is 1.01. The zero-order valence-corrected chi connectivity index (χ0v) is 20.1. The molecule has 5 aromatic rings. The Morgan fingerprint density at radius 1 is 0.500 bits per heavy atom. The summed E-state index contributed by atoms with van der Waals surface area (Å²) < 4.78 is 0. The van der Waals surface area contributed by atoms with Crippen LogP contribution in [0.2, 0.25) is 0 Å². The molecule has 3 nitrogen and oxygen atoms in total. The van der Waals surface area contributed by atoms with E-state index in [1.165, 1.54) is 27.8 Å². The molecule has 0 fully saturated rings. The molecule has 0 unspecified atom stereocenters. The average Bonchev–Trinajstić information content (AvgIpc) is 3.24. The summed E-state index contributed by atoms with van der Waals surface area (Å²) in [7, 11) is 0. The van der Waals surface area contributed by atoms with Crippen molar-refractivity contribution in [1.82, 2.24) is 0 Å². The number of hydrogen-bond acceptors (Lipinski definition) is 3. The third-order valence-corrected chi connectivity index (χ3v) is 7.50. The topological polar surface area (TPSA) is 78.1 Å². The lowest BCUT2D eigenvalue weighted by atomic mass is 9.65. The van der Waals surface area contributed by atoms with Crippen molar-refractivity contribution in [2.75, 3.05) is 5.73 Å². The fourth-order valence-corrected chi connectivity index (χ4v) is 5.87. The average molecular weight is 468 g/mol. The SMILES string of the molecule is NCc1ccc(C2(c3cc(N)ccc3-c3cccc(CN)c3)c3ccccc3-c3ccccc32)cc1. The van der Waals surface area contributed by atoms with Crippen LogP contribution in [0.5, 0.6) is 0 Å². The number of rotatable bonds is 5. The van der Waals surface area contributed by atoms with Gasteiger partial charge < -0.3 is 17.2 Å². The highest BCUT2D eigenvalue weighted by Crippen LogP contribution is 2.57. The summed E-state index contributed by atoms with van der Waals surface area (Å²) >= 11 is 0. The minimum Gasteiger partial charge on any atom is -0.399 e. The van der Waals surface area contributed by atoms with Crippen molar-refractivity contribution in [1.29, 1.82) is 0 Å². The maximum absolute atomic E-state index is 6.52. The standard InChI is InChI=1S/C33H29N3/c34-20-22-12-14-25(15-13-22)33(30-10-3-1-8-28(30)29-9-2-4-11-31(29)33)32-19-26(36)16-17-27(32)24-7-5-6-23(18-24)21-35/h1-19H,20-21,34-36H2. The Bertz CT molecular complexity index is 1520.